The summed E-state index contributed by atoms with van der Waals surface area (Å²) in [5, 5.41) is 4.26. The predicted octanol–water partition coefficient (Wildman–Crippen LogP) is 2.07. The second-order valence-electron chi connectivity index (χ2n) is 4.21. The van der Waals surface area contributed by atoms with E-state index in [0.717, 1.165) is 23.5 Å². The Labute approximate surface area is 101 Å². The van der Waals surface area contributed by atoms with E-state index in [1.165, 1.54) is 6.33 Å². The first-order valence-corrected chi connectivity index (χ1v) is 5.77. The van der Waals surface area contributed by atoms with E-state index in [2.05, 4.69) is 35.8 Å². The van der Waals surface area contributed by atoms with Gasteiger partial charge in [0.1, 0.15) is 12.1 Å². The van der Waals surface area contributed by atoms with Crippen LogP contribution in [0.4, 0.5) is 5.82 Å². The van der Waals surface area contributed by atoms with Crippen LogP contribution in [0.1, 0.15) is 32.3 Å². The van der Waals surface area contributed by atoms with Crippen LogP contribution in [-0.2, 0) is 6.54 Å². The smallest absolute Gasteiger partial charge is 0.130 e. The van der Waals surface area contributed by atoms with Gasteiger partial charge in [-0.2, -0.15) is 5.10 Å². The van der Waals surface area contributed by atoms with Crippen molar-refractivity contribution in [2.24, 2.45) is 0 Å². The molecule has 2 aromatic heterocycles. The molecule has 0 aliphatic heterocycles. The highest BCUT2D eigenvalue weighted by Crippen LogP contribution is 2.29. The van der Waals surface area contributed by atoms with Gasteiger partial charge in [0.15, 0.2) is 0 Å². The van der Waals surface area contributed by atoms with Gasteiger partial charge in [-0.1, -0.05) is 13.8 Å². The molecule has 2 N–H and O–H groups in total. The summed E-state index contributed by atoms with van der Waals surface area (Å²) in [6.07, 6.45) is 3.28. The monoisotopic (exact) mass is 231 g/mol. The molecule has 17 heavy (non-hydrogen) atoms. The van der Waals surface area contributed by atoms with Crippen LogP contribution in [0.5, 0.6) is 0 Å². The predicted molar refractivity (Wildman–Crippen MR) is 67.4 cm³/mol. The minimum atomic E-state index is 0.284. The largest absolute Gasteiger partial charge is 0.383 e. The molecule has 0 spiro atoms. The summed E-state index contributed by atoms with van der Waals surface area (Å²) in [5.74, 6) is 0.834. The molecule has 0 fully saturated rings. The number of nitrogen functional groups attached to an aromatic ring is 1. The van der Waals surface area contributed by atoms with Crippen molar-refractivity contribution in [2.45, 2.75) is 33.2 Å². The number of anilines is 1. The van der Waals surface area contributed by atoms with E-state index in [-0.39, 0.29) is 5.92 Å². The Morgan fingerprint density at radius 3 is 2.76 bits per heavy atom. The van der Waals surface area contributed by atoms with Gasteiger partial charge < -0.3 is 5.73 Å². The van der Waals surface area contributed by atoms with Crippen molar-refractivity contribution in [2.75, 3.05) is 5.73 Å². The standard InChI is InChI=1S/C12H17N5/c1-4-17-9(5-6-16-17)11-10(8(2)3)12(13)15-7-14-11/h5-8H,4H2,1-3H3,(H2,13,14,15). The highest BCUT2D eigenvalue weighted by atomic mass is 15.3. The Hall–Kier alpha value is -1.91. The fourth-order valence-electron chi connectivity index (χ4n) is 1.97. The van der Waals surface area contributed by atoms with Gasteiger partial charge >= 0.3 is 0 Å². The minimum Gasteiger partial charge on any atom is -0.383 e. The van der Waals surface area contributed by atoms with Crippen LogP contribution in [-0.4, -0.2) is 19.7 Å². The summed E-state index contributed by atoms with van der Waals surface area (Å²) in [4.78, 5) is 8.42. The molecule has 2 rings (SSSR count). The number of nitrogens with two attached hydrogens (primary N) is 1. The summed E-state index contributed by atoms with van der Waals surface area (Å²) in [5.41, 5.74) is 8.80. The fraction of sp³-hybridized carbons (Fsp3) is 0.417. The van der Waals surface area contributed by atoms with Crippen LogP contribution in [0.15, 0.2) is 18.6 Å². The van der Waals surface area contributed by atoms with Crippen LogP contribution in [0.25, 0.3) is 11.4 Å². The average molecular weight is 231 g/mol. The molecule has 0 aliphatic carbocycles. The molecule has 2 heterocycles. The first-order chi connectivity index (χ1) is 8.15. The Morgan fingerprint density at radius 1 is 1.35 bits per heavy atom. The third-order valence-electron chi connectivity index (χ3n) is 2.75. The van der Waals surface area contributed by atoms with Crippen LogP contribution in [0, 0.1) is 0 Å². The Bertz CT molecular complexity index is 515. The van der Waals surface area contributed by atoms with Crippen molar-refractivity contribution in [3.8, 4) is 11.4 Å². The summed E-state index contributed by atoms with van der Waals surface area (Å²) in [6.45, 7) is 7.04. The van der Waals surface area contributed by atoms with Crippen molar-refractivity contribution >= 4 is 5.82 Å². The lowest BCUT2D eigenvalue weighted by Gasteiger charge is -2.14. The average Bonchev–Trinajstić information content (AvgIpc) is 2.75. The van der Waals surface area contributed by atoms with Gasteiger partial charge in [0.25, 0.3) is 0 Å². The van der Waals surface area contributed by atoms with Crippen molar-refractivity contribution in [1.82, 2.24) is 19.7 Å². The zero-order valence-electron chi connectivity index (χ0n) is 10.4. The van der Waals surface area contributed by atoms with Gasteiger partial charge in [-0.3, -0.25) is 4.68 Å². The molecule has 0 unspecified atom stereocenters. The lowest BCUT2D eigenvalue weighted by Crippen LogP contribution is -2.07. The highest BCUT2D eigenvalue weighted by molar-refractivity contribution is 5.65. The van der Waals surface area contributed by atoms with Gasteiger partial charge in [-0.05, 0) is 18.9 Å². The van der Waals surface area contributed by atoms with E-state index in [1.54, 1.807) is 6.20 Å². The Morgan fingerprint density at radius 2 is 2.12 bits per heavy atom. The molecule has 0 aromatic carbocycles. The molecule has 0 radical (unpaired) electrons. The first-order valence-electron chi connectivity index (χ1n) is 5.77. The van der Waals surface area contributed by atoms with Crippen LogP contribution in [0.3, 0.4) is 0 Å². The first kappa shape index (κ1) is 11.6. The quantitative estimate of drug-likeness (QED) is 0.877. The molecule has 0 bridgehead atoms. The zero-order valence-corrected chi connectivity index (χ0v) is 10.4. The Balaban J connectivity index is 2.63. The van der Waals surface area contributed by atoms with E-state index in [0.29, 0.717) is 5.82 Å². The second-order valence-corrected chi connectivity index (χ2v) is 4.21. The number of rotatable bonds is 3. The lowest BCUT2D eigenvalue weighted by atomic mass is 10.0. The molecular formula is C12H17N5. The molecule has 0 aliphatic rings. The molecular weight excluding hydrogens is 214 g/mol. The topological polar surface area (TPSA) is 69.6 Å². The summed E-state index contributed by atoms with van der Waals surface area (Å²) in [7, 11) is 0. The van der Waals surface area contributed by atoms with Gasteiger partial charge in [0.2, 0.25) is 0 Å². The molecule has 5 nitrogen and oxygen atoms in total. The van der Waals surface area contributed by atoms with Crippen molar-refractivity contribution in [3.05, 3.63) is 24.2 Å². The summed E-state index contributed by atoms with van der Waals surface area (Å²) in [6, 6.07) is 1.96. The van der Waals surface area contributed by atoms with E-state index >= 15 is 0 Å². The van der Waals surface area contributed by atoms with E-state index < -0.39 is 0 Å². The molecule has 90 valence electrons. The maximum absolute atomic E-state index is 5.94. The number of aromatic nitrogens is 4. The van der Waals surface area contributed by atoms with Gasteiger partial charge in [-0.15, -0.1) is 0 Å². The van der Waals surface area contributed by atoms with E-state index in [4.69, 9.17) is 5.73 Å². The fourth-order valence-corrected chi connectivity index (χ4v) is 1.97. The van der Waals surface area contributed by atoms with Crippen molar-refractivity contribution < 1.29 is 0 Å². The molecule has 0 amide bonds. The highest BCUT2D eigenvalue weighted by Gasteiger charge is 2.16. The van der Waals surface area contributed by atoms with E-state index in [9.17, 15) is 0 Å². The Kier molecular flexibility index (Phi) is 3.08. The normalized spacial score (nSPS) is 11.1. The third kappa shape index (κ3) is 2.00. The summed E-state index contributed by atoms with van der Waals surface area (Å²) >= 11 is 0. The maximum atomic E-state index is 5.94. The van der Waals surface area contributed by atoms with Gasteiger partial charge in [-0.25, -0.2) is 9.97 Å². The number of aryl methyl sites for hydroxylation is 1. The van der Waals surface area contributed by atoms with Gasteiger partial charge in [0.05, 0.1) is 11.4 Å². The molecule has 0 saturated heterocycles. The maximum Gasteiger partial charge on any atom is 0.130 e. The van der Waals surface area contributed by atoms with Crippen molar-refractivity contribution in [3.63, 3.8) is 0 Å². The second kappa shape index (κ2) is 4.53. The minimum absolute atomic E-state index is 0.284. The van der Waals surface area contributed by atoms with Crippen molar-refractivity contribution in [1.29, 1.82) is 0 Å². The number of nitrogens with zero attached hydrogens (tertiary/aromatic N) is 4. The van der Waals surface area contributed by atoms with Crippen LogP contribution in [0.2, 0.25) is 0 Å². The van der Waals surface area contributed by atoms with Crippen LogP contribution < -0.4 is 5.73 Å². The van der Waals surface area contributed by atoms with E-state index in [1.807, 2.05) is 10.7 Å². The van der Waals surface area contributed by atoms with Gasteiger partial charge in [0, 0.05) is 18.3 Å². The number of hydrogen-bond donors (Lipinski definition) is 1. The number of hydrogen-bond acceptors (Lipinski definition) is 4. The molecule has 0 saturated carbocycles. The summed E-state index contributed by atoms with van der Waals surface area (Å²) < 4.78 is 1.91. The molecule has 5 heteroatoms. The lowest BCUT2D eigenvalue weighted by molar-refractivity contribution is 0.664. The third-order valence-corrected chi connectivity index (χ3v) is 2.75. The molecule has 0 atom stereocenters. The SMILES string of the molecule is CCn1nccc1-c1ncnc(N)c1C(C)C. The molecule has 2 aromatic rings. The zero-order chi connectivity index (χ0) is 12.4. The van der Waals surface area contributed by atoms with Crippen LogP contribution >= 0.6 is 0 Å².